The lowest BCUT2D eigenvalue weighted by molar-refractivity contribution is 0.0601. The van der Waals surface area contributed by atoms with Crippen LogP contribution in [-0.2, 0) is 5.41 Å². The van der Waals surface area contributed by atoms with Gasteiger partial charge in [0.1, 0.15) is 11.3 Å². The molecule has 2 aliphatic heterocycles. The fourth-order valence-electron chi connectivity index (χ4n) is 4.71. The maximum Gasteiger partial charge on any atom is 0.259 e. The summed E-state index contributed by atoms with van der Waals surface area (Å²) in [7, 11) is 0. The summed E-state index contributed by atoms with van der Waals surface area (Å²) >= 11 is 0. The van der Waals surface area contributed by atoms with Gasteiger partial charge in [0.15, 0.2) is 0 Å². The first-order valence-electron chi connectivity index (χ1n) is 9.23. The van der Waals surface area contributed by atoms with Crippen molar-refractivity contribution in [2.45, 2.75) is 18.8 Å². The molecule has 1 aromatic carbocycles. The molecule has 0 spiro atoms. The van der Waals surface area contributed by atoms with E-state index in [0.29, 0.717) is 17.2 Å². The molecule has 1 amide bonds. The van der Waals surface area contributed by atoms with Crippen LogP contribution in [0, 0.1) is 12.8 Å². The summed E-state index contributed by atoms with van der Waals surface area (Å²) in [6.07, 6.45) is 4.49. The molecule has 2 fully saturated rings. The molecule has 136 valence electrons. The van der Waals surface area contributed by atoms with Crippen LogP contribution >= 0.6 is 0 Å². The SMILES string of the molecule is C=CCN1C[C@@H]2CN(C(=O)c3cnoc3C)CC[C@]2(c2ccccc2)C1. The van der Waals surface area contributed by atoms with Crippen molar-refractivity contribution in [3.05, 3.63) is 66.1 Å². The van der Waals surface area contributed by atoms with Crippen molar-refractivity contribution in [1.29, 1.82) is 0 Å². The third kappa shape index (κ3) is 2.76. The molecule has 2 saturated heterocycles. The molecule has 0 saturated carbocycles. The molecule has 2 aromatic rings. The highest BCUT2D eigenvalue weighted by Gasteiger charge is 2.50. The summed E-state index contributed by atoms with van der Waals surface area (Å²) < 4.78 is 5.08. The topological polar surface area (TPSA) is 49.6 Å². The Morgan fingerprint density at radius 1 is 1.38 bits per heavy atom. The van der Waals surface area contributed by atoms with Gasteiger partial charge in [-0.05, 0) is 18.9 Å². The Kier molecular flexibility index (Phi) is 4.41. The summed E-state index contributed by atoms with van der Waals surface area (Å²) in [5, 5.41) is 3.76. The van der Waals surface area contributed by atoms with Crippen molar-refractivity contribution in [1.82, 2.24) is 15.0 Å². The van der Waals surface area contributed by atoms with Gasteiger partial charge in [-0.1, -0.05) is 41.6 Å². The van der Waals surface area contributed by atoms with E-state index in [0.717, 1.165) is 39.1 Å². The lowest BCUT2D eigenvalue weighted by Crippen LogP contribution is -2.51. The number of likely N-dealkylation sites (tertiary alicyclic amines) is 2. The number of benzene rings is 1. The summed E-state index contributed by atoms with van der Waals surface area (Å²) in [6.45, 7) is 10.1. The van der Waals surface area contributed by atoms with Crippen LogP contribution in [0.5, 0.6) is 0 Å². The van der Waals surface area contributed by atoms with Crippen LogP contribution in [0.3, 0.4) is 0 Å². The van der Waals surface area contributed by atoms with Gasteiger partial charge >= 0.3 is 0 Å². The van der Waals surface area contributed by atoms with Crippen molar-refractivity contribution >= 4 is 5.91 Å². The summed E-state index contributed by atoms with van der Waals surface area (Å²) in [6, 6.07) is 10.8. The normalized spacial score (nSPS) is 25.9. The summed E-state index contributed by atoms with van der Waals surface area (Å²) in [4.78, 5) is 17.4. The molecule has 0 N–H and O–H groups in total. The second kappa shape index (κ2) is 6.72. The first-order valence-corrected chi connectivity index (χ1v) is 9.23. The molecule has 5 nitrogen and oxygen atoms in total. The highest BCUT2D eigenvalue weighted by atomic mass is 16.5. The lowest BCUT2D eigenvalue weighted by Gasteiger charge is -2.44. The highest BCUT2D eigenvalue weighted by Crippen LogP contribution is 2.45. The molecular weight excluding hydrogens is 326 g/mol. The maximum absolute atomic E-state index is 12.9. The van der Waals surface area contributed by atoms with E-state index in [1.165, 1.54) is 11.8 Å². The van der Waals surface area contributed by atoms with E-state index in [2.05, 4.69) is 47.0 Å². The fraction of sp³-hybridized carbons (Fsp3) is 0.429. The number of rotatable bonds is 4. The second-order valence-electron chi connectivity index (χ2n) is 7.50. The standard InChI is InChI=1S/C21H25N3O2/c1-3-10-23-13-18-14-24(20(25)19-12-22-26-16(19)2)11-9-21(18,15-23)17-7-5-4-6-8-17/h3-8,12,18H,1,9-11,13-15H2,2H3/t18-,21-/m1/s1. The Morgan fingerprint density at radius 2 is 2.19 bits per heavy atom. The van der Waals surface area contributed by atoms with Gasteiger partial charge in [-0.2, -0.15) is 0 Å². The molecule has 0 unspecified atom stereocenters. The van der Waals surface area contributed by atoms with Crippen molar-refractivity contribution < 1.29 is 9.32 Å². The average Bonchev–Trinajstić information content (AvgIpc) is 3.25. The quantitative estimate of drug-likeness (QED) is 0.795. The predicted octanol–water partition coefficient (Wildman–Crippen LogP) is 2.88. The van der Waals surface area contributed by atoms with Crippen LogP contribution < -0.4 is 0 Å². The number of piperidine rings is 1. The molecule has 0 aliphatic carbocycles. The molecule has 26 heavy (non-hydrogen) atoms. The van der Waals surface area contributed by atoms with Crippen LogP contribution in [0.15, 0.2) is 53.7 Å². The van der Waals surface area contributed by atoms with Crippen LogP contribution in [0.2, 0.25) is 0 Å². The van der Waals surface area contributed by atoms with E-state index < -0.39 is 0 Å². The number of carbonyl (C=O) groups is 1. The van der Waals surface area contributed by atoms with E-state index in [-0.39, 0.29) is 11.3 Å². The van der Waals surface area contributed by atoms with Crippen LogP contribution in [0.4, 0.5) is 0 Å². The van der Waals surface area contributed by atoms with Gasteiger partial charge in [0, 0.05) is 44.1 Å². The number of aromatic nitrogens is 1. The number of hydrogen-bond acceptors (Lipinski definition) is 4. The number of nitrogens with zero attached hydrogens (tertiary/aromatic N) is 3. The van der Waals surface area contributed by atoms with E-state index in [1.54, 1.807) is 6.92 Å². The Bertz CT molecular complexity index is 801. The molecule has 3 heterocycles. The molecule has 0 radical (unpaired) electrons. The molecule has 4 rings (SSSR count). The number of fused-ring (bicyclic) bond motifs is 1. The fourth-order valence-corrected chi connectivity index (χ4v) is 4.71. The van der Waals surface area contributed by atoms with Gasteiger partial charge in [0.25, 0.3) is 5.91 Å². The molecule has 2 aliphatic rings. The largest absolute Gasteiger partial charge is 0.361 e. The number of aryl methyl sites for hydroxylation is 1. The second-order valence-corrected chi connectivity index (χ2v) is 7.50. The number of amides is 1. The van der Waals surface area contributed by atoms with E-state index in [9.17, 15) is 4.79 Å². The molecule has 2 atom stereocenters. The zero-order chi connectivity index (χ0) is 18.1. The van der Waals surface area contributed by atoms with Crippen molar-refractivity contribution in [2.75, 3.05) is 32.7 Å². The Hall–Kier alpha value is -2.40. The van der Waals surface area contributed by atoms with Crippen LogP contribution in [-0.4, -0.2) is 53.6 Å². The third-order valence-corrected chi connectivity index (χ3v) is 6.04. The zero-order valence-corrected chi connectivity index (χ0v) is 15.2. The van der Waals surface area contributed by atoms with E-state index in [4.69, 9.17) is 4.52 Å². The molecular formula is C21H25N3O2. The first kappa shape index (κ1) is 17.0. The van der Waals surface area contributed by atoms with Gasteiger partial charge in [0.2, 0.25) is 0 Å². The van der Waals surface area contributed by atoms with Crippen molar-refractivity contribution in [3.8, 4) is 0 Å². The van der Waals surface area contributed by atoms with Gasteiger partial charge in [-0.3, -0.25) is 9.69 Å². The maximum atomic E-state index is 12.9. The van der Waals surface area contributed by atoms with Gasteiger partial charge in [-0.15, -0.1) is 6.58 Å². The number of carbonyl (C=O) groups excluding carboxylic acids is 1. The van der Waals surface area contributed by atoms with Crippen molar-refractivity contribution in [2.24, 2.45) is 5.92 Å². The molecule has 1 aromatic heterocycles. The van der Waals surface area contributed by atoms with Gasteiger partial charge in [0.05, 0.1) is 6.20 Å². The Labute approximate surface area is 154 Å². The number of hydrogen-bond donors (Lipinski definition) is 0. The summed E-state index contributed by atoms with van der Waals surface area (Å²) in [5.41, 5.74) is 2.09. The van der Waals surface area contributed by atoms with Crippen LogP contribution in [0.25, 0.3) is 0 Å². The summed E-state index contributed by atoms with van der Waals surface area (Å²) in [5.74, 6) is 1.05. The molecule has 5 heteroatoms. The average molecular weight is 351 g/mol. The van der Waals surface area contributed by atoms with E-state index in [1.807, 2.05) is 11.0 Å². The minimum atomic E-state index is 0.0348. The third-order valence-electron chi connectivity index (χ3n) is 6.04. The minimum absolute atomic E-state index is 0.0348. The molecule has 0 bridgehead atoms. The van der Waals surface area contributed by atoms with E-state index >= 15 is 0 Å². The first-order chi connectivity index (χ1) is 12.6. The minimum Gasteiger partial charge on any atom is -0.361 e. The van der Waals surface area contributed by atoms with Gasteiger partial charge in [-0.25, -0.2) is 0 Å². The zero-order valence-electron chi connectivity index (χ0n) is 15.2. The Morgan fingerprint density at radius 3 is 2.88 bits per heavy atom. The monoisotopic (exact) mass is 351 g/mol. The smallest absolute Gasteiger partial charge is 0.259 e. The Balaban J connectivity index is 1.61. The van der Waals surface area contributed by atoms with Gasteiger partial charge < -0.3 is 9.42 Å². The van der Waals surface area contributed by atoms with Crippen molar-refractivity contribution in [3.63, 3.8) is 0 Å². The predicted molar refractivity (Wildman–Crippen MR) is 100 cm³/mol. The highest BCUT2D eigenvalue weighted by molar-refractivity contribution is 5.94. The lowest BCUT2D eigenvalue weighted by atomic mass is 9.68. The van der Waals surface area contributed by atoms with Crippen LogP contribution in [0.1, 0.15) is 28.1 Å².